The predicted molar refractivity (Wildman–Crippen MR) is 111 cm³/mol. The zero-order chi connectivity index (χ0) is 19.7. The number of carbonyl (C=O) groups is 1. The number of allylic oxidation sites excluding steroid dienone is 1. The Morgan fingerprint density at radius 3 is 2.79 bits per heavy atom. The van der Waals surface area contributed by atoms with Gasteiger partial charge in [0.15, 0.2) is 0 Å². The lowest BCUT2D eigenvalue weighted by molar-refractivity contribution is -0.154. The summed E-state index contributed by atoms with van der Waals surface area (Å²) < 4.78 is 5.57. The van der Waals surface area contributed by atoms with Gasteiger partial charge in [0, 0.05) is 29.6 Å². The highest BCUT2D eigenvalue weighted by atomic mass is 35.5. The van der Waals surface area contributed by atoms with Crippen LogP contribution >= 0.6 is 11.6 Å². The van der Waals surface area contributed by atoms with Crippen LogP contribution < -0.4 is 0 Å². The topological polar surface area (TPSA) is 49.8 Å². The summed E-state index contributed by atoms with van der Waals surface area (Å²) >= 11 is 6.23. The number of ether oxygens (including phenoxy) is 1. The molecule has 4 aliphatic rings. The van der Waals surface area contributed by atoms with Crippen molar-refractivity contribution in [3.8, 4) is 0 Å². The molecule has 0 aromatic heterocycles. The Balaban J connectivity index is 1.66. The Kier molecular flexibility index (Phi) is 6.20. The van der Waals surface area contributed by atoms with E-state index in [1.165, 1.54) is 38.5 Å². The zero-order valence-electron chi connectivity index (χ0n) is 17.0. The van der Waals surface area contributed by atoms with E-state index in [1.807, 2.05) is 6.08 Å². The maximum Gasteiger partial charge on any atom is 0.310 e. The van der Waals surface area contributed by atoms with Crippen LogP contribution in [0.1, 0.15) is 64.7 Å². The summed E-state index contributed by atoms with van der Waals surface area (Å²) in [6.45, 7) is 3.43. The number of rotatable bonds is 0. The van der Waals surface area contributed by atoms with Gasteiger partial charge in [0.2, 0.25) is 0 Å². The molecule has 6 atom stereocenters. The number of cyclic esters (lactones) is 1. The van der Waals surface area contributed by atoms with Gasteiger partial charge in [0.1, 0.15) is 0 Å². The van der Waals surface area contributed by atoms with E-state index in [2.05, 4.69) is 17.9 Å². The molecule has 1 aliphatic carbocycles. The van der Waals surface area contributed by atoms with E-state index in [0.29, 0.717) is 29.3 Å². The first-order valence-electron chi connectivity index (χ1n) is 11.2. The number of hydrogen-bond acceptors (Lipinski definition) is 4. The molecule has 0 amide bonds. The molecule has 156 valence electrons. The van der Waals surface area contributed by atoms with E-state index >= 15 is 0 Å². The molecule has 2 saturated heterocycles. The molecular weight excluding hydrogens is 374 g/mol. The first-order chi connectivity index (χ1) is 13.5. The lowest BCUT2D eigenvalue weighted by atomic mass is 9.69. The van der Waals surface area contributed by atoms with Crippen molar-refractivity contribution >= 4 is 17.6 Å². The maximum atomic E-state index is 12.7. The first-order valence-corrected chi connectivity index (χ1v) is 11.5. The predicted octanol–water partition coefficient (Wildman–Crippen LogP) is 4.41. The Hall–Kier alpha value is -0.840. The molecule has 0 radical (unpaired) electrons. The van der Waals surface area contributed by atoms with Crippen molar-refractivity contribution in [1.29, 1.82) is 0 Å². The van der Waals surface area contributed by atoms with Crippen molar-refractivity contribution in [3.63, 3.8) is 0 Å². The molecular formula is C23H34ClNO3. The first kappa shape index (κ1) is 20.4. The molecule has 5 heteroatoms. The lowest BCUT2D eigenvalue weighted by Gasteiger charge is -2.56. The van der Waals surface area contributed by atoms with Gasteiger partial charge in [0.05, 0.1) is 18.6 Å². The van der Waals surface area contributed by atoms with Gasteiger partial charge >= 0.3 is 5.97 Å². The highest BCUT2D eigenvalue weighted by Crippen LogP contribution is 2.53. The quantitative estimate of drug-likeness (QED) is 0.477. The molecule has 0 aromatic carbocycles. The number of aliphatic hydroxyl groups is 1. The third kappa shape index (κ3) is 3.93. The SMILES string of the molecule is C[C@@H]1/C=C/[C@H](O)/C=C(\Cl)CCOC(=O)C2CC[C@@H]3CCC[C@@]4(CCCC14)N3C2. The van der Waals surface area contributed by atoms with E-state index in [-0.39, 0.29) is 24.0 Å². The van der Waals surface area contributed by atoms with Crippen LogP contribution in [0.2, 0.25) is 0 Å². The van der Waals surface area contributed by atoms with Gasteiger partial charge in [0.25, 0.3) is 0 Å². The van der Waals surface area contributed by atoms with Crippen LogP contribution in [0.25, 0.3) is 0 Å². The highest BCUT2D eigenvalue weighted by molar-refractivity contribution is 6.29. The van der Waals surface area contributed by atoms with Crippen molar-refractivity contribution in [1.82, 2.24) is 4.90 Å². The number of piperidine rings is 2. The van der Waals surface area contributed by atoms with Gasteiger partial charge in [-0.1, -0.05) is 43.5 Å². The van der Waals surface area contributed by atoms with Gasteiger partial charge in [-0.3, -0.25) is 9.69 Å². The molecule has 3 aliphatic heterocycles. The van der Waals surface area contributed by atoms with Gasteiger partial charge in [-0.2, -0.15) is 0 Å². The average Bonchev–Trinajstić information content (AvgIpc) is 3.09. The van der Waals surface area contributed by atoms with Crippen LogP contribution in [0, 0.1) is 17.8 Å². The van der Waals surface area contributed by atoms with Crippen LogP contribution in [0.15, 0.2) is 23.3 Å². The number of fused-ring (bicyclic) bond motifs is 1. The Bertz CT molecular complexity index is 648. The van der Waals surface area contributed by atoms with Crippen molar-refractivity contribution in [2.75, 3.05) is 13.2 Å². The number of hydrogen-bond donors (Lipinski definition) is 1. The summed E-state index contributed by atoms with van der Waals surface area (Å²) in [7, 11) is 0. The summed E-state index contributed by atoms with van der Waals surface area (Å²) in [4.78, 5) is 15.5. The van der Waals surface area contributed by atoms with Crippen molar-refractivity contribution in [3.05, 3.63) is 23.3 Å². The molecule has 2 unspecified atom stereocenters. The summed E-state index contributed by atoms with van der Waals surface area (Å²) in [6, 6.07) is 0.618. The van der Waals surface area contributed by atoms with E-state index in [0.717, 1.165) is 19.4 Å². The standard InChI is InChI=1S/C23H34ClNO3/c1-16-6-9-20(26)14-18(24)10-13-28-22(27)17-7-8-19-4-2-11-23(25(19)15-17)12-3-5-21(16)23/h6,9,14,16-17,19-21,26H,2-5,7-8,10-13,15H2,1H3/b9-6+,18-14-/t16-,17?,19+,20+,21?,23+/m1/s1. The molecule has 4 nitrogen and oxygen atoms in total. The normalized spacial score (nSPS) is 45.8. The minimum atomic E-state index is -0.688. The maximum absolute atomic E-state index is 12.7. The summed E-state index contributed by atoms with van der Waals surface area (Å²) in [5, 5.41) is 10.9. The fraction of sp³-hybridized carbons (Fsp3) is 0.783. The zero-order valence-corrected chi connectivity index (χ0v) is 17.7. The van der Waals surface area contributed by atoms with Crippen LogP contribution in [-0.2, 0) is 9.53 Å². The monoisotopic (exact) mass is 407 g/mol. The van der Waals surface area contributed by atoms with Crippen LogP contribution in [0.4, 0.5) is 0 Å². The lowest BCUT2D eigenvalue weighted by Crippen LogP contribution is -2.62. The molecule has 2 bridgehead atoms. The molecule has 0 aromatic rings. The van der Waals surface area contributed by atoms with E-state index < -0.39 is 6.10 Å². The molecule has 1 spiro atoms. The van der Waals surface area contributed by atoms with Gasteiger partial charge in [-0.25, -0.2) is 0 Å². The number of nitrogens with zero attached hydrogens (tertiary/aromatic N) is 1. The Morgan fingerprint density at radius 2 is 1.96 bits per heavy atom. The Morgan fingerprint density at radius 1 is 1.18 bits per heavy atom. The summed E-state index contributed by atoms with van der Waals surface area (Å²) in [5.74, 6) is 0.898. The Labute approximate surface area is 173 Å². The van der Waals surface area contributed by atoms with Gasteiger partial charge < -0.3 is 9.84 Å². The molecule has 3 heterocycles. The van der Waals surface area contributed by atoms with Gasteiger partial charge in [-0.05, 0) is 56.4 Å². The summed E-state index contributed by atoms with van der Waals surface area (Å²) in [6.07, 6.45) is 15.1. The molecule has 1 saturated carbocycles. The molecule has 1 N–H and O–H groups in total. The minimum absolute atomic E-state index is 0.0169. The smallest absolute Gasteiger partial charge is 0.310 e. The fourth-order valence-corrected chi connectivity index (χ4v) is 6.67. The van der Waals surface area contributed by atoms with Crippen molar-refractivity contribution in [2.24, 2.45) is 17.8 Å². The van der Waals surface area contributed by atoms with Gasteiger partial charge in [-0.15, -0.1) is 0 Å². The second kappa shape index (κ2) is 8.49. The number of aliphatic hydroxyl groups excluding tert-OH is 1. The van der Waals surface area contributed by atoms with E-state index in [1.54, 1.807) is 6.08 Å². The van der Waals surface area contributed by atoms with E-state index in [4.69, 9.17) is 16.3 Å². The average molecular weight is 408 g/mol. The third-order valence-electron chi connectivity index (χ3n) is 7.76. The van der Waals surface area contributed by atoms with E-state index in [9.17, 15) is 9.90 Å². The highest BCUT2D eigenvalue weighted by Gasteiger charge is 2.53. The van der Waals surface area contributed by atoms with Crippen molar-refractivity contribution < 1.29 is 14.6 Å². The third-order valence-corrected chi connectivity index (χ3v) is 8.07. The van der Waals surface area contributed by atoms with Crippen LogP contribution in [0.5, 0.6) is 0 Å². The molecule has 28 heavy (non-hydrogen) atoms. The number of halogens is 1. The largest absolute Gasteiger partial charge is 0.465 e. The molecule has 3 fully saturated rings. The minimum Gasteiger partial charge on any atom is -0.465 e. The second-order valence-corrected chi connectivity index (χ2v) is 9.83. The summed E-state index contributed by atoms with van der Waals surface area (Å²) in [5.41, 5.74) is 0.213. The van der Waals surface area contributed by atoms with Crippen molar-refractivity contribution in [2.45, 2.75) is 82.4 Å². The second-order valence-electron chi connectivity index (χ2n) is 9.34. The fourth-order valence-electron chi connectivity index (χ4n) is 6.47. The van der Waals surface area contributed by atoms with Crippen LogP contribution in [0.3, 0.4) is 0 Å². The number of carbonyl (C=O) groups excluding carboxylic acids is 1. The number of esters is 1. The molecule has 4 rings (SSSR count). The van der Waals surface area contributed by atoms with Crippen LogP contribution in [-0.4, -0.2) is 46.8 Å².